The Morgan fingerprint density at radius 1 is 1.13 bits per heavy atom. The second kappa shape index (κ2) is 8.55. The molecule has 0 aliphatic carbocycles. The highest BCUT2D eigenvalue weighted by atomic mass is 32.2. The summed E-state index contributed by atoms with van der Waals surface area (Å²) in [4.78, 5) is 41.4. The quantitative estimate of drug-likeness (QED) is 0.769. The van der Waals surface area contributed by atoms with Crippen molar-refractivity contribution in [2.45, 2.75) is 31.7 Å². The summed E-state index contributed by atoms with van der Waals surface area (Å²) in [6.07, 6.45) is 1.78. The monoisotopic (exact) mass is 439 g/mol. The maximum Gasteiger partial charge on any atom is 0.328 e. The van der Waals surface area contributed by atoms with E-state index in [0.29, 0.717) is 11.3 Å². The first-order valence-electron chi connectivity index (χ1n) is 9.89. The van der Waals surface area contributed by atoms with Gasteiger partial charge in [-0.1, -0.05) is 35.9 Å². The minimum Gasteiger partial charge on any atom is -0.324 e. The molecule has 0 spiro atoms. The van der Waals surface area contributed by atoms with Crippen molar-refractivity contribution in [2.24, 2.45) is 0 Å². The molecule has 1 N–H and O–H groups in total. The largest absolute Gasteiger partial charge is 0.328 e. The van der Waals surface area contributed by atoms with Crippen LogP contribution in [0.25, 0.3) is 0 Å². The molecule has 31 heavy (non-hydrogen) atoms. The number of carbonyl (C=O) groups is 3. The van der Waals surface area contributed by atoms with Gasteiger partial charge in [-0.3, -0.25) is 14.5 Å². The van der Waals surface area contributed by atoms with E-state index in [4.69, 9.17) is 0 Å². The molecule has 1 saturated heterocycles. The second-order valence-electron chi connectivity index (χ2n) is 7.70. The Morgan fingerprint density at radius 2 is 1.87 bits per heavy atom. The van der Waals surface area contributed by atoms with Crippen molar-refractivity contribution in [3.05, 3.63) is 76.5 Å². The van der Waals surface area contributed by atoms with Gasteiger partial charge in [-0.05, 0) is 48.6 Å². The fourth-order valence-corrected chi connectivity index (χ4v) is 4.85. The van der Waals surface area contributed by atoms with Crippen molar-refractivity contribution in [3.8, 4) is 0 Å². The summed E-state index contributed by atoms with van der Waals surface area (Å²) >= 11 is 1.33. The van der Waals surface area contributed by atoms with E-state index in [1.165, 1.54) is 28.8 Å². The SMILES string of the molecule is Cc1ccc(NC(=O)CN2C(=O)N(Cc3ccc(F)cc3)C(=O)C3SC=CC32)c(C)c1. The van der Waals surface area contributed by atoms with Crippen LogP contribution in [0.3, 0.4) is 0 Å². The first-order valence-corrected chi connectivity index (χ1v) is 10.8. The Bertz CT molecular complexity index is 1070. The number of hydrogen-bond donors (Lipinski definition) is 1. The number of aryl methyl sites for hydroxylation is 2. The van der Waals surface area contributed by atoms with Crippen LogP contribution in [0.4, 0.5) is 14.9 Å². The standard InChI is InChI=1S/C23H22FN3O3S/c1-14-3-8-18(15(2)11-14)25-20(28)13-26-19-9-10-31-21(19)22(29)27(23(26)30)12-16-4-6-17(24)7-5-16/h3-11,19,21H,12-13H2,1-2H3,(H,25,28). The normalized spacial score (nSPS) is 20.2. The van der Waals surface area contributed by atoms with E-state index in [9.17, 15) is 18.8 Å². The first kappa shape index (κ1) is 21.1. The second-order valence-corrected chi connectivity index (χ2v) is 8.76. The molecule has 0 aromatic heterocycles. The first-order chi connectivity index (χ1) is 14.8. The van der Waals surface area contributed by atoms with Gasteiger partial charge in [-0.25, -0.2) is 9.18 Å². The number of thioether (sulfide) groups is 1. The molecule has 2 heterocycles. The molecule has 4 rings (SSSR count). The third kappa shape index (κ3) is 4.34. The smallest absolute Gasteiger partial charge is 0.324 e. The number of halogens is 1. The van der Waals surface area contributed by atoms with Crippen molar-refractivity contribution < 1.29 is 18.8 Å². The Balaban J connectivity index is 1.53. The van der Waals surface area contributed by atoms with Crippen LogP contribution in [-0.4, -0.2) is 45.5 Å². The van der Waals surface area contributed by atoms with E-state index in [0.717, 1.165) is 16.0 Å². The molecule has 8 heteroatoms. The van der Waals surface area contributed by atoms with Crippen LogP contribution in [0.15, 0.2) is 53.9 Å². The molecule has 1 fully saturated rings. The average Bonchev–Trinajstić information content (AvgIpc) is 3.22. The highest BCUT2D eigenvalue weighted by Crippen LogP contribution is 2.35. The lowest BCUT2D eigenvalue weighted by Crippen LogP contribution is -2.62. The van der Waals surface area contributed by atoms with Gasteiger partial charge in [0.15, 0.2) is 0 Å². The van der Waals surface area contributed by atoms with E-state index < -0.39 is 17.3 Å². The number of benzene rings is 2. The number of hydrogen-bond acceptors (Lipinski definition) is 4. The number of urea groups is 1. The molecule has 0 saturated carbocycles. The van der Waals surface area contributed by atoms with Crippen molar-refractivity contribution in [3.63, 3.8) is 0 Å². The Morgan fingerprint density at radius 3 is 2.58 bits per heavy atom. The molecule has 2 aromatic carbocycles. The molecule has 2 aromatic rings. The van der Waals surface area contributed by atoms with Crippen LogP contribution < -0.4 is 5.32 Å². The topological polar surface area (TPSA) is 69.7 Å². The Hall–Kier alpha value is -3.13. The third-order valence-electron chi connectivity index (χ3n) is 5.38. The van der Waals surface area contributed by atoms with Crippen LogP contribution in [0.1, 0.15) is 16.7 Å². The highest BCUT2D eigenvalue weighted by Gasteiger charge is 2.47. The summed E-state index contributed by atoms with van der Waals surface area (Å²) in [5.74, 6) is -1.03. The minimum absolute atomic E-state index is 0.0247. The number of rotatable bonds is 5. The highest BCUT2D eigenvalue weighted by molar-refractivity contribution is 8.03. The molecule has 160 valence electrons. The number of fused-ring (bicyclic) bond motifs is 1. The summed E-state index contributed by atoms with van der Waals surface area (Å²) in [5.41, 5.74) is 3.35. The van der Waals surface area contributed by atoms with E-state index in [1.54, 1.807) is 23.6 Å². The number of imide groups is 1. The number of nitrogens with zero attached hydrogens (tertiary/aromatic N) is 2. The van der Waals surface area contributed by atoms with Gasteiger partial charge >= 0.3 is 6.03 Å². The molecule has 2 atom stereocenters. The zero-order valence-electron chi connectivity index (χ0n) is 17.2. The average molecular weight is 440 g/mol. The number of amides is 4. The lowest BCUT2D eigenvalue weighted by molar-refractivity contribution is -0.132. The van der Waals surface area contributed by atoms with Crippen molar-refractivity contribution >= 4 is 35.3 Å². The van der Waals surface area contributed by atoms with E-state index in [1.807, 2.05) is 32.0 Å². The van der Waals surface area contributed by atoms with Crippen LogP contribution in [-0.2, 0) is 16.1 Å². The van der Waals surface area contributed by atoms with Crippen LogP contribution >= 0.6 is 11.8 Å². The van der Waals surface area contributed by atoms with Crippen molar-refractivity contribution in [2.75, 3.05) is 11.9 Å². The lowest BCUT2D eigenvalue weighted by atomic mass is 10.1. The van der Waals surface area contributed by atoms with Gasteiger partial charge in [-0.2, -0.15) is 0 Å². The number of anilines is 1. The summed E-state index contributed by atoms with van der Waals surface area (Å²) in [5, 5.41) is 4.15. The van der Waals surface area contributed by atoms with Gasteiger partial charge in [0, 0.05) is 5.69 Å². The van der Waals surface area contributed by atoms with Gasteiger partial charge in [0.1, 0.15) is 17.6 Å². The summed E-state index contributed by atoms with van der Waals surface area (Å²) in [7, 11) is 0. The van der Waals surface area contributed by atoms with Gasteiger partial charge in [0.2, 0.25) is 11.8 Å². The van der Waals surface area contributed by atoms with Crippen LogP contribution in [0.2, 0.25) is 0 Å². The molecule has 2 unspecified atom stereocenters. The van der Waals surface area contributed by atoms with Crippen molar-refractivity contribution in [1.82, 2.24) is 9.80 Å². The maximum atomic E-state index is 13.2. The molecule has 4 amide bonds. The van der Waals surface area contributed by atoms with Gasteiger partial charge in [0.05, 0.1) is 12.6 Å². The van der Waals surface area contributed by atoms with E-state index in [-0.39, 0.29) is 30.7 Å². The minimum atomic E-state index is -0.529. The molecule has 2 aliphatic rings. The fraction of sp³-hybridized carbons (Fsp3) is 0.261. The predicted octanol–water partition coefficient (Wildman–Crippen LogP) is 3.84. The molecule has 0 radical (unpaired) electrons. The lowest BCUT2D eigenvalue weighted by Gasteiger charge is -2.41. The predicted molar refractivity (Wildman–Crippen MR) is 118 cm³/mol. The van der Waals surface area contributed by atoms with E-state index in [2.05, 4.69) is 5.32 Å². The van der Waals surface area contributed by atoms with Gasteiger partial charge < -0.3 is 10.2 Å². The van der Waals surface area contributed by atoms with Crippen LogP contribution in [0.5, 0.6) is 0 Å². The molecule has 0 bridgehead atoms. The molecule has 6 nitrogen and oxygen atoms in total. The zero-order valence-corrected chi connectivity index (χ0v) is 18.0. The Labute approximate surface area is 184 Å². The summed E-state index contributed by atoms with van der Waals surface area (Å²) in [6, 6.07) is 10.4. The molecular formula is C23H22FN3O3S. The fourth-order valence-electron chi connectivity index (χ4n) is 3.78. The maximum absolute atomic E-state index is 13.2. The molecular weight excluding hydrogens is 417 g/mol. The number of nitrogens with one attached hydrogen (secondary N) is 1. The zero-order chi connectivity index (χ0) is 22.1. The van der Waals surface area contributed by atoms with Gasteiger partial charge in [-0.15, -0.1) is 11.8 Å². The Kier molecular flexibility index (Phi) is 5.82. The third-order valence-corrected chi connectivity index (χ3v) is 6.47. The summed E-state index contributed by atoms with van der Waals surface area (Å²) < 4.78 is 13.2. The van der Waals surface area contributed by atoms with Crippen LogP contribution in [0, 0.1) is 19.7 Å². The number of carbonyl (C=O) groups excluding carboxylic acids is 3. The van der Waals surface area contributed by atoms with Gasteiger partial charge in [0.25, 0.3) is 0 Å². The molecule has 2 aliphatic heterocycles. The van der Waals surface area contributed by atoms with E-state index >= 15 is 0 Å². The van der Waals surface area contributed by atoms with Crippen molar-refractivity contribution in [1.29, 1.82) is 0 Å². The summed E-state index contributed by atoms with van der Waals surface area (Å²) in [6.45, 7) is 3.73.